The maximum atomic E-state index is 11.1. The second-order valence-corrected chi connectivity index (χ2v) is 6.09. The van der Waals surface area contributed by atoms with Crippen molar-refractivity contribution in [3.8, 4) is 0 Å². The molecular formula is C14H15Cl2N3O2. The fourth-order valence-corrected chi connectivity index (χ4v) is 2.97. The molecule has 1 aliphatic heterocycles. The molecule has 2 unspecified atom stereocenters. The van der Waals surface area contributed by atoms with Crippen LogP contribution in [0.5, 0.6) is 0 Å². The van der Waals surface area contributed by atoms with Crippen LogP contribution in [0.15, 0.2) is 30.9 Å². The Morgan fingerprint density at radius 1 is 1.43 bits per heavy atom. The highest BCUT2D eigenvalue weighted by molar-refractivity contribution is 6.35. The molecule has 21 heavy (non-hydrogen) atoms. The number of benzene rings is 1. The molecule has 112 valence electrons. The van der Waals surface area contributed by atoms with E-state index in [0.717, 1.165) is 13.0 Å². The van der Waals surface area contributed by atoms with Gasteiger partial charge in [-0.25, -0.2) is 9.67 Å². The Bertz CT molecular complexity index is 617. The van der Waals surface area contributed by atoms with Crippen LogP contribution < -0.4 is 0 Å². The lowest BCUT2D eigenvalue weighted by Gasteiger charge is -2.29. The molecule has 5 nitrogen and oxygen atoms in total. The zero-order valence-electron chi connectivity index (χ0n) is 11.2. The number of halogens is 2. The van der Waals surface area contributed by atoms with Crippen molar-refractivity contribution in [1.29, 1.82) is 0 Å². The Labute approximate surface area is 132 Å². The van der Waals surface area contributed by atoms with E-state index in [2.05, 4.69) is 10.1 Å². The van der Waals surface area contributed by atoms with E-state index < -0.39 is 5.60 Å². The molecule has 3 rings (SSSR count). The van der Waals surface area contributed by atoms with Crippen molar-refractivity contribution in [3.63, 3.8) is 0 Å². The van der Waals surface area contributed by atoms with E-state index in [4.69, 9.17) is 27.9 Å². The van der Waals surface area contributed by atoms with Gasteiger partial charge >= 0.3 is 0 Å². The average Bonchev–Trinajstić information content (AvgIpc) is 3.14. The first-order valence-electron chi connectivity index (χ1n) is 6.69. The van der Waals surface area contributed by atoms with Crippen molar-refractivity contribution in [2.45, 2.75) is 31.1 Å². The van der Waals surface area contributed by atoms with Gasteiger partial charge in [0, 0.05) is 15.6 Å². The minimum atomic E-state index is -1.14. The molecule has 0 radical (unpaired) electrons. The first kappa shape index (κ1) is 14.8. The molecular weight excluding hydrogens is 313 g/mol. The van der Waals surface area contributed by atoms with Crippen LogP contribution in [0, 0.1) is 0 Å². The quantitative estimate of drug-likeness (QED) is 0.828. The lowest BCUT2D eigenvalue weighted by atomic mass is 9.88. The zero-order valence-corrected chi connectivity index (χ0v) is 12.8. The van der Waals surface area contributed by atoms with Crippen LogP contribution in [0.1, 0.15) is 18.4 Å². The van der Waals surface area contributed by atoms with Gasteiger partial charge < -0.3 is 9.84 Å². The van der Waals surface area contributed by atoms with Crippen LogP contribution in [0.4, 0.5) is 0 Å². The summed E-state index contributed by atoms with van der Waals surface area (Å²) in [5.41, 5.74) is -0.494. The Morgan fingerprint density at radius 3 is 2.86 bits per heavy atom. The Balaban J connectivity index is 1.89. The van der Waals surface area contributed by atoms with Gasteiger partial charge in [0.1, 0.15) is 18.3 Å². The second kappa shape index (κ2) is 5.93. The zero-order chi connectivity index (χ0) is 14.9. The number of ether oxygens (including phenoxy) is 1. The van der Waals surface area contributed by atoms with Gasteiger partial charge in [0.25, 0.3) is 0 Å². The summed E-state index contributed by atoms with van der Waals surface area (Å²) in [5, 5.41) is 16.2. The van der Waals surface area contributed by atoms with E-state index in [0.29, 0.717) is 22.0 Å². The van der Waals surface area contributed by atoms with E-state index in [-0.39, 0.29) is 12.6 Å². The molecule has 1 aromatic heterocycles. The molecule has 0 amide bonds. The molecule has 0 spiro atoms. The van der Waals surface area contributed by atoms with Crippen LogP contribution in [-0.4, -0.2) is 32.6 Å². The Hall–Kier alpha value is -1.14. The monoisotopic (exact) mass is 327 g/mol. The van der Waals surface area contributed by atoms with Gasteiger partial charge in [-0.3, -0.25) is 0 Å². The van der Waals surface area contributed by atoms with E-state index >= 15 is 0 Å². The summed E-state index contributed by atoms with van der Waals surface area (Å²) in [4.78, 5) is 3.91. The fourth-order valence-electron chi connectivity index (χ4n) is 2.38. The minimum Gasteiger partial charge on any atom is -0.383 e. The van der Waals surface area contributed by atoms with Gasteiger partial charge in [0.2, 0.25) is 0 Å². The molecule has 0 aliphatic carbocycles. The van der Waals surface area contributed by atoms with Crippen LogP contribution in [0.25, 0.3) is 0 Å². The number of hydrogen-bond acceptors (Lipinski definition) is 4. The third-order valence-corrected chi connectivity index (χ3v) is 4.15. The summed E-state index contributed by atoms with van der Waals surface area (Å²) in [6.07, 6.45) is 4.54. The fraction of sp³-hybridized carbons (Fsp3) is 0.429. The maximum absolute atomic E-state index is 11.1. The molecule has 1 aromatic carbocycles. The van der Waals surface area contributed by atoms with Gasteiger partial charge in [-0.2, -0.15) is 5.10 Å². The topological polar surface area (TPSA) is 63.5 Å². The molecule has 1 saturated heterocycles. The Morgan fingerprint density at radius 2 is 2.24 bits per heavy atom. The lowest BCUT2D eigenvalue weighted by molar-refractivity contribution is 0.00275. The van der Waals surface area contributed by atoms with Crippen molar-refractivity contribution < 1.29 is 9.84 Å². The summed E-state index contributed by atoms with van der Waals surface area (Å²) >= 11 is 12.2. The first-order chi connectivity index (χ1) is 10.1. The van der Waals surface area contributed by atoms with Crippen molar-refractivity contribution in [2.24, 2.45) is 0 Å². The molecule has 1 N–H and O–H groups in total. The molecule has 1 aliphatic rings. The highest BCUT2D eigenvalue weighted by atomic mass is 35.5. The number of nitrogens with zero attached hydrogens (tertiary/aromatic N) is 3. The number of rotatable bonds is 6. The molecule has 2 heterocycles. The van der Waals surface area contributed by atoms with Crippen LogP contribution in [0.3, 0.4) is 0 Å². The van der Waals surface area contributed by atoms with Gasteiger partial charge in [0.15, 0.2) is 0 Å². The van der Waals surface area contributed by atoms with Gasteiger partial charge in [-0.15, -0.1) is 0 Å². The molecule has 1 fully saturated rings. The SMILES string of the molecule is OC(CCC1CO1)(Cn1cncn1)c1ccc(Cl)cc1Cl. The number of aliphatic hydroxyl groups is 1. The van der Waals surface area contributed by atoms with Crippen LogP contribution >= 0.6 is 23.2 Å². The number of aromatic nitrogens is 3. The highest BCUT2D eigenvalue weighted by Gasteiger charge is 2.35. The first-order valence-corrected chi connectivity index (χ1v) is 7.44. The second-order valence-electron chi connectivity index (χ2n) is 5.24. The van der Waals surface area contributed by atoms with E-state index in [1.165, 1.54) is 6.33 Å². The summed E-state index contributed by atoms with van der Waals surface area (Å²) in [5.74, 6) is 0. The third kappa shape index (κ3) is 3.55. The number of hydrogen-bond donors (Lipinski definition) is 1. The summed E-state index contributed by atoms with van der Waals surface area (Å²) in [7, 11) is 0. The molecule has 0 bridgehead atoms. The normalized spacial score (nSPS) is 20.2. The predicted molar refractivity (Wildman–Crippen MR) is 79.4 cm³/mol. The van der Waals surface area contributed by atoms with Crippen molar-refractivity contribution in [1.82, 2.24) is 14.8 Å². The van der Waals surface area contributed by atoms with Gasteiger partial charge in [0.05, 0.1) is 19.3 Å². The molecule has 2 aromatic rings. The molecule has 0 saturated carbocycles. The summed E-state index contributed by atoms with van der Waals surface area (Å²) in [6.45, 7) is 1.04. The van der Waals surface area contributed by atoms with Crippen LogP contribution in [0.2, 0.25) is 10.0 Å². The molecule has 2 atom stereocenters. The van der Waals surface area contributed by atoms with E-state index in [1.54, 1.807) is 29.2 Å². The third-order valence-electron chi connectivity index (χ3n) is 3.60. The number of epoxide rings is 1. The lowest BCUT2D eigenvalue weighted by Crippen LogP contribution is -2.32. The van der Waals surface area contributed by atoms with Crippen molar-refractivity contribution in [2.75, 3.05) is 6.61 Å². The summed E-state index contributed by atoms with van der Waals surface area (Å²) < 4.78 is 6.82. The van der Waals surface area contributed by atoms with E-state index in [1.807, 2.05) is 0 Å². The standard InChI is InChI=1S/C14H15Cl2N3O2/c15-10-1-2-12(13(16)5-10)14(20,4-3-11-6-21-11)7-19-9-17-8-18-19/h1-2,5,8-9,11,20H,3-4,6-7H2. The van der Waals surface area contributed by atoms with Crippen LogP contribution in [-0.2, 0) is 16.9 Å². The molecule has 7 heteroatoms. The van der Waals surface area contributed by atoms with Crippen molar-refractivity contribution in [3.05, 3.63) is 46.5 Å². The van der Waals surface area contributed by atoms with Gasteiger partial charge in [-0.05, 0) is 25.0 Å². The Kier molecular flexibility index (Phi) is 4.17. The minimum absolute atomic E-state index is 0.235. The van der Waals surface area contributed by atoms with Gasteiger partial charge in [-0.1, -0.05) is 29.3 Å². The predicted octanol–water partition coefficient (Wildman–Crippen LogP) is 2.65. The van der Waals surface area contributed by atoms with Crippen molar-refractivity contribution >= 4 is 23.2 Å². The average molecular weight is 328 g/mol. The highest BCUT2D eigenvalue weighted by Crippen LogP contribution is 2.36. The maximum Gasteiger partial charge on any atom is 0.137 e. The summed E-state index contributed by atoms with van der Waals surface area (Å²) in [6, 6.07) is 5.12. The smallest absolute Gasteiger partial charge is 0.137 e. The largest absolute Gasteiger partial charge is 0.383 e. The van der Waals surface area contributed by atoms with E-state index in [9.17, 15) is 5.11 Å².